The summed E-state index contributed by atoms with van der Waals surface area (Å²) in [4.78, 5) is 10.6. The van der Waals surface area contributed by atoms with E-state index in [2.05, 4.69) is 0 Å². The first-order chi connectivity index (χ1) is 6.69. The second kappa shape index (κ2) is 4.65. The summed E-state index contributed by atoms with van der Waals surface area (Å²) in [5, 5.41) is 9.28. The number of aldehydes is 1. The quantitative estimate of drug-likeness (QED) is 0.746. The number of phenolic OH excluding ortho intramolecular Hbond substituents is 1. The van der Waals surface area contributed by atoms with Gasteiger partial charge in [-0.3, -0.25) is 0 Å². The lowest BCUT2D eigenvalue weighted by molar-refractivity contribution is -0.108. The summed E-state index contributed by atoms with van der Waals surface area (Å²) in [7, 11) is 0. The van der Waals surface area contributed by atoms with E-state index in [0.717, 1.165) is 11.8 Å². The van der Waals surface area contributed by atoms with Crippen LogP contribution in [0.5, 0.6) is 11.5 Å². The van der Waals surface area contributed by atoms with Crippen molar-refractivity contribution in [2.45, 2.75) is 19.8 Å². The van der Waals surface area contributed by atoms with Crippen molar-refractivity contribution in [2.75, 3.05) is 6.61 Å². The molecule has 1 aromatic carbocycles. The van der Waals surface area contributed by atoms with Crippen LogP contribution in [0.4, 0.5) is 0 Å². The van der Waals surface area contributed by atoms with Gasteiger partial charge in [-0.25, -0.2) is 0 Å². The highest BCUT2D eigenvalue weighted by atomic mass is 16.5. The summed E-state index contributed by atoms with van der Waals surface area (Å²) in [6, 6.07) is 4.78. The third-order valence-electron chi connectivity index (χ3n) is 1.99. The molecule has 0 aliphatic rings. The molecule has 3 heteroatoms. The summed E-state index contributed by atoms with van der Waals surface area (Å²) in [6.07, 6.45) is 0.831. The molecule has 1 rings (SSSR count). The van der Waals surface area contributed by atoms with Crippen LogP contribution in [0.3, 0.4) is 0 Å². The molecule has 14 heavy (non-hydrogen) atoms. The Morgan fingerprint density at radius 2 is 2.29 bits per heavy atom. The van der Waals surface area contributed by atoms with Crippen LogP contribution >= 0.6 is 0 Å². The number of carbonyl (C=O) groups excluding carboxylic acids is 1. The van der Waals surface area contributed by atoms with E-state index < -0.39 is 0 Å². The van der Waals surface area contributed by atoms with Gasteiger partial charge in [0.15, 0.2) is 0 Å². The summed E-state index contributed by atoms with van der Waals surface area (Å²) < 4.78 is 5.34. The van der Waals surface area contributed by atoms with Gasteiger partial charge in [0.1, 0.15) is 17.8 Å². The van der Waals surface area contributed by atoms with Crippen LogP contribution in [0.2, 0.25) is 0 Å². The highest BCUT2D eigenvalue weighted by Crippen LogP contribution is 2.29. The molecule has 1 aromatic rings. The predicted octanol–water partition coefficient (Wildman–Crippen LogP) is 2.09. The first kappa shape index (κ1) is 10.6. The van der Waals surface area contributed by atoms with E-state index >= 15 is 0 Å². The molecule has 0 bridgehead atoms. The Hall–Kier alpha value is -1.51. The third kappa shape index (κ3) is 2.25. The van der Waals surface area contributed by atoms with Crippen LogP contribution in [0.15, 0.2) is 18.2 Å². The molecular weight excluding hydrogens is 180 g/mol. The van der Waals surface area contributed by atoms with Crippen LogP contribution < -0.4 is 4.74 Å². The van der Waals surface area contributed by atoms with Crippen molar-refractivity contribution < 1.29 is 14.6 Å². The number of rotatable bonds is 4. The van der Waals surface area contributed by atoms with Crippen LogP contribution in [0, 0.1) is 0 Å². The molecule has 1 unspecified atom stereocenters. The van der Waals surface area contributed by atoms with Gasteiger partial charge in [0, 0.05) is 11.5 Å². The summed E-state index contributed by atoms with van der Waals surface area (Å²) in [5.41, 5.74) is 0.724. The van der Waals surface area contributed by atoms with Gasteiger partial charge in [0.2, 0.25) is 0 Å². The highest BCUT2D eigenvalue weighted by Gasteiger charge is 2.11. The number of phenols is 1. The summed E-state index contributed by atoms with van der Waals surface area (Å²) in [5.74, 6) is 0.547. The SMILES string of the molecule is CCOc1ccc(O)cc1C(C)C=O. The Balaban J connectivity index is 3.08. The fourth-order valence-corrected chi connectivity index (χ4v) is 1.25. The lowest BCUT2D eigenvalue weighted by atomic mass is 10.0. The fraction of sp³-hybridized carbons (Fsp3) is 0.364. The molecule has 3 nitrogen and oxygen atoms in total. The van der Waals surface area contributed by atoms with Gasteiger partial charge in [0.25, 0.3) is 0 Å². The maximum absolute atomic E-state index is 10.6. The molecular formula is C11H14O3. The smallest absolute Gasteiger partial charge is 0.127 e. The van der Waals surface area contributed by atoms with Crippen LogP contribution in [-0.2, 0) is 4.79 Å². The lowest BCUT2D eigenvalue weighted by Gasteiger charge is -2.12. The highest BCUT2D eigenvalue weighted by molar-refractivity contribution is 5.64. The standard InChI is InChI=1S/C11H14O3/c1-3-14-11-5-4-9(13)6-10(11)8(2)7-12/h4-8,13H,3H2,1-2H3. The van der Waals surface area contributed by atoms with Crippen molar-refractivity contribution in [3.63, 3.8) is 0 Å². The zero-order valence-electron chi connectivity index (χ0n) is 8.36. The monoisotopic (exact) mass is 194 g/mol. The van der Waals surface area contributed by atoms with Crippen molar-refractivity contribution in [2.24, 2.45) is 0 Å². The van der Waals surface area contributed by atoms with E-state index in [9.17, 15) is 9.90 Å². The minimum absolute atomic E-state index is 0.150. The molecule has 1 atom stereocenters. The van der Waals surface area contributed by atoms with Crippen molar-refractivity contribution >= 4 is 6.29 Å². The first-order valence-electron chi connectivity index (χ1n) is 4.60. The van der Waals surface area contributed by atoms with Gasteiger partial charge in [-0.05, 0) is 25.1 Å². The zero-order valence-corrected chi connectivity index (χ0v) is 8.36. The largest absolute Gasteiger partial charge is 0.508 e. The Morgan fingerprint density at radius 1 is 1.57 bits per heavy atom. The zero-order chi connectivity index (χ0) is 10.6. The lowest BCUT2D eigenvalue weighted by Crippen LogP contribution is -2.00. The molecule has 0 aliphatic carbocycles. The molecule has 1 N–H and O–H groups in total. The maximum Gasteiger partial charge on any atom is 0.127 e. The van der Waals surface area contributed by atoms with Gasteiger partial charge in [-0.15, -0.1) is 0 Å². The molecule has 0 amide bonds. The third-order valence-corrected chi connectivity index (χ3v) is 1.99. The average Bonchev–Trinajstić information content (AvgIpc) is 2.20. The minimum Gasteiger partial charge on any atom is -0.508 e. The van der Waals surface area contributed by atoms with E-state index in [0.29, 0.717) is 12.4 Å². The number of carbonyl (C=O) groups is 1. The van der Waals surface area contributed by atoms with E-state index in [1.807, 2.05) is 6.92 Å². The number of hydrogen-bond donors (Lipinski definition) is 1. The van der Waals surface area contributed by atoms with E-state index in [4.69, 9.17) is 4.74 Å². The fourth-order valence-electron chi connectivity index (χ4n) is 1.25. The van der Waals surface area contributed by atoms with Crippen LogP contribution in [0.25, 0.3) is 0 Å². The minimum atomic E-state index is -0.261. The Morgan fingerprint density at radius 3 is 2.86 bits per heavy atom. The Labute approximate surface area is 83.3 Å². The van der Waals surface area contributed by atoms with Crippen molar-refractivity contribution in [3.8, 4) is 11.5 Å². The normalized spacial score (nSPS) is 12.1. The van der Waals surface area contributed by atoms with Gasteiger partial charge in [-0.2, -0.15) is 0 Å². The van der Waals surface area contributed by atoms with Crippen molar-refractivity contribution in [3.05, 3.63) is 23.8 Å². The molecule has 0 aromatic heterocycles. The van der Waals surface area contributed by atoms with Gasteiger partial charge >= 0.3 is 0 Å². The second-order valence-corrected chi connectivity index (χ2v) is 3.08. The number of benzene rings is 1. The Kier molecular flexibility index (Phi) is 3.51. The van der Waals surface area contributed by atoms with E-state index in [-0.39, 0.29) is 11.7 Å². The van der Waals surface area contributed by atoms with E-state index in [1.54, 1.807) is 25.1 Å². The number of ether oxygens (including phenoxy) is 1. The molecule has 0 saturated heterocycles. The van der Waals surface area contributed by atoms with Crippen molar-refractivity contribution in [1.29, 1.82) is 0 Å². The molecule has 0 radical (unpaired) electrons. The molecule has 76 valence electrons. The summed E-state index contributed by atoms with van der Waals surface area (Å²) in [6.45, 7) is 4.19. The molecule has 0 saturated carbocycles. The average molecular weight is 194 g/mol. The molecule has 0 aliphatic heterocycles. The van der Waals surface area contributed by atoms with Crippen molar-refractivity contribution in [1.82, 2.24) is 0 Å². The Bertz CT molecular complexity index is 320. The van der Waals surface area contributed by atoms with E-state index in [1.165, 1.54) is 0 Å². The van der Waals surface area contributed by atoms with Gasteiger partial charge in [0.05, 0.1) is 6.61 Å². The number of hydrogen-bond acceptors (Lipinski definition) is 3. The molecule has 0 fully saturated rings. The topological polar surface area (TPSA) is 46.5 Å². The molecule has 0 spiro atoms. The first-order valence-corrected chi connectivity index (χ1v) is 4.60. The predicted molar refractivity (Wildman–Crippen MR) is 53.8 cm³/mol. The maximum atomic E-state index is 10.6. The summed E-state index contributed by atoms with van der Waals surface area (Å²) >= 11 is 0. The van der Waals surface area contributed by atoms with Crippen LogP contribution in [0.1, 0.15) is 25.3 Å². The van der Waals surface area contributed by atoms with Gasteiger partial charge < -0.3 is 14.6 Å². The van der Waals surface area contributed by atoms with Crippen LogP contribution in [-0.4, -0.2) is 18.0 Å². The number of aromatic hydroxyl groups is 1. The second-order valence-electron chi connectivity index (χ2n) is 3.08. The molecule has 0 heterocycles. The van der Waals surface area contributed by atoms with Gasteiger partial charge in [-0.1, -0.05) is 6.92 Å².